The monoisotopic (exact) mass is 622 g/mol. The zero-order valence-corrected chi connectivity index (χ0v) is 24.4. The van der Waals surface area contributed by atoms with Crippen molar-refractivity contribution in [1.29, 1.82) is 0 Å². The number of ether oxygens (including phenoxy) is 2. The molecule has 1 saturated heterocycles. The van der Waals surface area contributed by atoms with Gasteiger partial charge in [-0.2, -0.15) is 4.98 Å². The highest BCUT2D eigenvalue weighted by Gasteiger charge is 2.39. The Bertz CT molecular complexity index is 1900. The van der Waals surface area contributed by atoms with Gasteiger partial charge in [0.15, 0.2) is 5.82 Å². The highest BCUT2D eigenvalue weighted by molar-refractivity contribution is 6.30. The van der Waals surface area contributed by atoms with E-state index >= 15 is 13.2 Å². The highest BCUT2D eigenvalue weighted by Crippen LogP contribution is 2.41. The average molecular weight is 623 g/mol. The number of carbonyl (C=O) groups is 1. The van der Waals surface area contributed by atoms with Crippen molar-refractivity contribution in [3.8, 4) is 17.3 Å². The largest absolute Gasteiger partial charge is 0.478 e. The molecule has 2 aromatic heterocycles. The van der Waals surface area contributed by atoms with Crippen molar-refractivity contribution in [2.24, 2.45) is 5.41 Å². The van der Waals surface area contributed by atoms with E-state index in [-0.39, 0.29) is 70.9 Å². The van der Waals surface area contributed by atoms with E-state index in [1.165, 1.54) is 18.3 Å². The number of hydrogen-bond acceptors (Lipinski definition) is 6. The lowest BCUT2D eigenvalue weighted by Crippen LogP contribution is -2.27. The quantitative estimate of drug-likeness (QED) is 0.198. The first kappa shape index (κ1) is 29.6. The predicted molar refractivity (Wildman–Crippen MR) is 156 cm³/mol. The molecule has 3 aromatic carbocycles. The first-order valence-corrected chi connectivity index (χ1v) is 14.1. The Hall–Kier alpha value is -4.48. The van der Waals surface area contributed by atoms with Gasteiger partial charge in [-0.1, -0.05) is 37.6 Å². The Morgan fingerprint density at radius 2 is 1.84 bits per heavy atom. The third-order valence-corrected chi connectivity index (χ3v) is 7.96. The third kappa shape index (κ3) is 5.72. The third-order valence-electron chi connectivity index (χ3n) is 7.71. The molecule has 1 aliphatic heterocycles. The number of halogens is 4. The number of rotatable bonds is 8. The summed E-state index contributed by atoms with van der Waals surface area (Å²) in [7, 11) is 0. The molecule has 6 rings (SSSR count). The van der Waals surface area contributed by atoms with Crippen LogP contribution in [0, 0.1) is 22.9 Å². The smallest absolute Gasteiger partial charge is 0.335 e. The Morgan fingerprint density at radius 1 is 1.07 bits per heavy atom. The molecule has 1 fully saturated rings. The van der Waals surface area contributed by atoms with E-state index in [1.807, 2.05) is 13.8 Å². The van der Waals surface area contributed by atoms with Crippen molar-refractivity contribution in [2.75, 3.05) is 13.2 Å². The van der Waals surface area contributed by atoms with Crippen LogP contribution in [0.15, 0.2) is 60.8 Å². The van der Waals surface area contributed by atoms with Crippen molar-refractivity contribution >= 4 is 28.6 Å². The van der Waals surface area contributed by atoms with Gasteiger partial charge in [0.2, 0.25) is 0 Å². The summed E-state index contributed by atoms with van der Waals surface area (Å²) in [4.78, 5) is 24.4. The Morgan fingerprint density at radius 3 is 2.55 bits per heavy atom. The molecule has 226 valence electrons. The summed E-state index contributed by atoms with van der Waals surface area (Å²) in [6, 6.07) is 12.4. The molecule has 8 nitrogen and oxygen atoms in total. The summed E-state index contributed by atoms with van der Waals surface area (Å²) in [6.45, 7) is 4.73. The fraction of sp³-hybridized carbons (Fsp3) is 0.250. The number of nitrogens with zero attached hydrogens (tertiary/aromatic N) is 4. The fourth-order valence-electron chi connectivity index (χ4n) is 5.36. The van der Waals surface area contributed by atoms with Crippen LogP contribution in [0.4, 0.5) is 13.2 Å². The molecule has 0 radical (unpaired) electrons. The lowest BCUT2D eigenvalue weighted by Gasteiger charge is -2.28. The van der Waals surface area contributed by atoms with Crippen molar-refractivity contribution in [3.05, 3.63) is 106 Å². The number of carboxylic acid groups (broad SMARTS) is 1. The first-order valence-electron chi connectivity index (χ1n) is 13.7. The maximum absolute atomic E-state index is 15.6. The molecule has 1 unspecified atom stereocenters. The van der Waals surface area contributed by atoms with Crippen LogP contribution >= 0.6 is 11.6 Å². The van der Waals surface area contributed by atoms with Gasteiger partial charge in [-0.15, -0.1) is 0 Å². The van der Waals surface area contributed by atoms with Crippen LogP contribution in [0.3, 0.4) is 0 Å². The van der Waals surface area contributed by atoms with E-state index in [9.17, 15) is 9.90 Å². The summed E-state index contributed by atoms with van der Waals surface area (Å²) < 4.78 is 59.2. The molecule has 0 amide bonds. The summed E-state index contributed by atoms with van der Waals surface area (Å²) in [5.74, 6) is -3.34. The van der Waals surface area contributed by atoms with Gasteiger partial charge in [-0.05, 0) is 53.6 Å². The Labute approximate surface area is 255 Å². The van der Waals surface area contributed by atoms with Crippen LogP contribution in [0.25, 0.3) is 22.3 Å². The first-order chi connectivity index (χ1) is 21.0. The van der Waals surface area contributed by atoms with Crippen LogP contribution in [-0.2, 0) is 17.8 Å². The topological polar surface area (TPSA) is 99.4 Å². The minimum atomic E-state index is -1.30. The predicted octanol–water partition coefficient (Wildman–Crippen LogP) is 7.03. The van der Waals surface area contributed by atoms with Crippen molar-refractivity contribution < 1.29 is 32.5 Å². The lowest BCUT2D eigenvalue weighted by molar-refractivity contribution is 0.0696. The Balaban J connectivity index is 1.34. The van der Waals surface area contributed by atoms with E-state index < -0.39 is 28.8 Å². The molecular weight excluding hydrogens is 597 g/mol. The zero-order valence-electron chi connectivity index (χ0n) is 23.7. The van der Waals surface area contributed by atoms with Crippen LogP contribution < -0.4 is 4.74 Å². The normalized spacial score (nSPS) is 16.0. The van der Waals surface area contributed by atoms with Gasteiger partial charge in [-0.3, -0.25) is 0 Å². The van der Waals surface area contributed by atoms with Gasteiger partial charge in [0, 0.05) is 28.6 Å². The summed E-state index contributed by atoms with van der Waals surface area (Å²) >= 11 is 5.91. The minimum absolute atomic E-state index is 0.0146. The number of aromatic carboxylic acids is 1. The fourth-order valence-corrected chi connectivity index (χ4v) is 5.48. The standard InChI is InChI=1S/C32H26ClF3N4O4/c1-32(2)16-43-15-27(32)40-26-11-19(30(41)42)10-24(36)29(26)39-28(40)12-18-9-23(35)21(13-22(18)34)25-7-8-37-31(38-25)44-14-17-3-5-20(33)6-4-17/h3-11,13,27H,12,14-16H2,1-2H3,(H,41,42). The van der Waals surface area contributed by atoms with Crippen LogP contribution in [0.1, 0.15) is 47.2 Å². The lowest BCUT2D eigenvalue weighted by atomic mass is 9.87. The molecule has 12 heteroatoms. The molecule has 0 bridgehead atoms. The highest BCUT2D eigenvalue weighted by atomic mass is 35.5. The maximum atomic E-state index is 15.6. The Kier molecular flexibility index (Phi) is 7.77. The summed E-state index contributed by atoms with van der Waals surface area (Å²) in [5.41, 5.74) is 0.335. The maximum Gasteiger partial charge on any atom is 0.335 e. The number of benzene rings is 3. The SMILES string of the molecule is CC1(C)COCC1n1c(Cc2cc(F)c(-c3ccnc(OCc4ccc(Cl)cc4)n3)cc2F)nc2c(F)cc(C(=O)O)cc21. The summed E-state index contributed by atoms with van der Waals surface area (Å²) in [6.07, 6.45) is 1.20. The van der Waals surface area contributed by atoms with E-state index in [0.717, 1.165) is 23.8 Å². The molecule has 1 N–H and O–H groups in total. The van der Waals surface area contributed by atoms with Crippen LogP contribution in [-0.4, -0.2) is 43.8 Å². The minimum Gasteiger partial charge on any atom is -0.478 e. The molecule has 0 aliphatic carbocycles. The van der Waals surface area contributed by atoms with Crippen molar-refractivity contribution in [1.82, 2.24) is 19.5 Å². The van der Waals surface area contributed by atoms with Gasteiger partial charge in [0.05, 0.1) is 36.0 Å². The second kappa shape index (κ2) is 11.5. The second-order valence-corrected chi connectivity index (χ2v) is 11.7. The molecule has 1 aliphatic rings. The number of imidazole rings is 1. The van der Waals surface area contributed by atoms with E-state index in [0.29, 0.717) is 11.6 Å². The molecule has 5 aromatic rings. The average Bonchev–Trinajstić information content (AvgIpc) is 3.52. The van der Waals surface area contributed by atoms with Gasteiger partial charge >= 0.3 is 12.0 Å². The van der Waals surface area contributed by atoms with Gasteiger partial charge in [-0.25, -0.2) is 27.9 Å². The molecule has 3 heterocycles. The molecular formula is C32H26ClF3N4O4. The number of carboxylic acids is 1. The van der Waals surface area contributed by atoms with Crippen LogP contribution in [0.5, 0.6) is 6.01 Å². The molecule has 0 spiro atoms. The number of aromatic nitrogens is 4. The van der Waals surface area contributed by atoms with Crippen molar-refractivity contribution in [3.63, 3.8) is 0 Å². The molecule has 1 atom stereocenters. The van der Waals surface area contributed by atoms with E-state index in [2.05, 4.69) is 15.0 Å². The van der Waals surface area contributed by atoms with E-state index in [1.54, 1.807) is 28.8 Å². The summed E-state index contributed by atoms with van der Waals surface area (Å²) in [5, 5.41) is 10.1. The molecule has 0 saturated carbocycles. The van der Waals surface area contributed by atoms with Gasteiger partial charge in [0.25, 0.3) is 0 Å². The zero-order chi connectivity index (χ0) is 31.2. The number of fused-ring (bicyclic) bond motifs is 1. The van der Waals surface area contributed by atoms with Gasteiger partial charge in [0.1, 0.15) is 29.6 Å². The van der Waals surface area contributed by atoms with Gasteiger partial charge < -0.3 is 19.1 Å². The van der Waals surface area contributed by atoms with E-state index in [4.69, 9.17) is 21.1 Å². The van der Waals surface area contributed by atoms with Crippen molar-refractivity contribution in [2.45, 2.75) is 32.9 Å². The number of hydrogen-bond donors (Lipinski definition) is 1. The second-order valence-electron chi connectivity index (χ2n) is 11.3. The molecule has 44 heavy (non-hydrogen) atoms. The van der Waals surface area contributed by atoms with Crippen LogP contribution in [0.2, 0.25) is 5.02 Å².